The molecule has 0 atom stereocenters. The van der Waals surface area contributed by atoms with Gasteiger partial charge in [-0.25, -0.2) is 4.79 Å². The fourth-order valence-electron chi connectivity index (χ4n) is 2.17. The maximum absolute atomic E-state index is 11.6. The lowest BCUT2D eigenvalue weighted by atomic mass is 10.1. The number of amides is 2. The molecule has 5 heteroatoms. The molecule has 0 aliphatic heterocycles. The van der Waals surface area contributed by atoms with E-state index in [4.69, 9.17) is 4.74 Å². The minimum absolute atomic E-state index is 0.0978. The molecule has 2 aromatic carbocycles. The Hall–Kier alpha value is -3.08. The maximum atomic E-state index is 11.6. The minimum atomic E-state index is -0.426. The molecule has 0 spiro atoms. The molecule has 0 radical (unpaired) electrons. The average molecular weight is 338 g/mol. The third kappa shape index (κ3) is 7.35. The maximum Gasteiger partial charge on any atom is 0.407 e. The fourth-order valence-corrected chi connectivity index (χ4v) is 2.17. The number of nitrogens with one attached hydrogen (secondary N) is 2. The smallest absolute Gasteiger partial charge is 0.407 e. The average Bonchev–Trinajstić information content (AvgIpc) is 2.60. The zero-order chi connectivity index (χ0) is 17.9. The van der Waals surface area contributed by atoms with Gasteiger partial charge < -0.3 is 15.4 Å². The van der Waals surface area contributed by atoms with Crippen LogP contribution in [0.15, 0.2) is 60.7 Å². The third-order valence-corrected chi connectivity index (χ3v) is 3.31. The van der Waals surface area contributed by atoms with Crippen LogP contribution in [0.25, 0.3) is 6.08 Å². The van der Waals surface area contributed by atoms with Crippen LogP contribution in [-0.2, 0) is 16.1 Å². The van der Waals surface area contributed by atoms with E-state index in [9.17, 15) is 9.59 Å². The zero-order valence-electron chi connectivity index (χ0n) is 14.2. The first kappa shape index (κ1) is 18.3. The molecule has 0 unspecified atom stereocenters. The highest BCUT2D eigenvalue weighted by Crippen LogP contribution is 2.12. The summed E-state index contributed by atoms with van der Waals surface area (Å²) in [4.78, 5) is 22.6. The second-order valence-electron chi connectivity index (χ2n) is 5.49. The van der Waals surface area contributed by atoms with Gasteiger partial charge in [-0.15, -0.1) is 0 Å². The summed E-state index contributed by atoms with van der Waals surface area (Å²) in [7, 11) is 0. The van der Waals surface area contributed by atoms with Crippen LogP contribution in [0.2, 0.25) is 0 Å². The van der Waals surface area contributed by atoms with Gasteiger partial charge in [-0.1, -0.05) is 54.6 Å². The lowest BCUT2D eigenvalue weighted by molar-refractivity contribution is -0.114. The number of benzene rings is 2. The standard InChI is InChI=1S/C20H22N2O3/c1-16(23)22-19-12-7-11-17(14-19)8-5-6-13-21-20(24)25-15-18-9-3-2-4-10-18/h2-5,7-12,14H,6,13,15H2,1H3,(H,21,24)(H,22,23). The van der Waals surface area contributed by atoms with Gasteiger partial charge >= 0.3 is 6.09 Å². The highest BCUT2D eigenvalue weighted by molar-refractivity contribution is 5.88. The number of ether oxygens (including phenoxy) is 1. The summed E-state index contributed by atoms with van der Waals surface area (Å²) in [6, 6.07) is 17.1. The normalized spacial score (nSPS) is 10.4. The Morgan fingerprint density at radius 1 is 1.08 bits per heavy atom. The van der Waals surface area contributed by atoms with E-state index in [2.05, 4.69) is 10.6 Å². The van der Waals surface area contributed by atoms with Crippen LogP contribution in [0.5, 0.6) is 0 Å². The largest absolute Gasteiger partial charge is 0.445 e. The van der Waals surface area contributed by atoms with Crippen LogP contribution in [0, 0.1) is 0 Å². The van der Waals surface area contributed by atoms with Gasteiger partial charge in [0, 0.05) is 19.2 Å². The molecular formula is C20H22N2O3. The second kappa shape index (κ2) is 9.93. The molecular weight excluding hydrogens is 316 g/mol. The van der Waals surface area contributed by atoms with Gasteiger partial charge in [-0.05, 0) is 29.7 Å². The van der Waals surface area contributed by atoms with Crippen molar-refractivity contribution in [1.82, 2.24) is 5.32 Å². The number of carbonyl (C=O) groups is 2. The van der Waals surface area contributed by atoms with Gasteiger partial charge in [0.25, 0.3) is 0 Å². The van der Waals surface area contributed by atoms with Gasteiger partial charge in [0.2, 0.25) is 5.91 Å². The van der Waals surface area contributed by atoms with E-state index in [1.54, 1.807) is 0 Å². The monoisotopic (exact) mass is 338 g/mol. The van der Waals surface area contributed by atoms with Gasteiger partial charge in [-0.2, -0.15) is 0 Å². The highest BCUT2D eigenvalue weighted by atomic mass is 16.5. The summed E-state index contributed by atoms with van der Waals surface area (Å²) >= 11 is 0. The molecule has 0 aliphatic rings. The van der Waals surface area contributed by atoms with Crippen molar-refractivity contribution in [2.75, 3.05) is 11.9 Å². The lowest BCUT2D eigenvalue weighted by Crippen LogP contribution is -2.24. The molecule has 0 saturated heterocycles. The number of anilines is 1. The van der Waals surface area contributed by atoms with Crippen LogP contribution < -0.4 is 10.6 Å². The van der Waals surface area contributed by atoms with Crippen molar-refractivity contribution in [3.05, 3.63) is 71.8 Å². The molecule has 0 saturated carbocycles. The van der Waals surface area contributed by atoms with E-state index in [0.29, 0.717) is 13.0 Å². The Morgan fingerprint density at radius 2 is 1.88 bits per heavy atom. The molecule has 0 fully saturated rings. The van der Waals surface area contributed by atoms with Crippen molar-refractivity contribution in [2.24, 2.45) is 0 Å². The Kier molecular flexibility index (Phi) is 7.25. The molecule has 2 amide bonds. The van der Waals surface area contributed by atoms with Crippen molar-refractivity contribution in [1.29, 1.82) is 0 Å². The molecule has 5 nitrogen and oxygen atoms in total. The number of carbonyl (C=O) groups excluding carboxylic acids is 2. The summed E-state index contributed by atoms with van der Waals surface area (Å²) < 4.78 is 5.13. The number of hydrogen-bond donors (Lipinski definition) is 2. The quantitative estimate of drug-likeness (QED) is 0.751. The van der Waals surface area contributed by atoms with Crippen molar-refractivity contribution in [3.63, 3.8) is 0 Å². The summed E-state index contributed by atoms with van der Waals surface area (Å²) in [6.45, 7) is 2.24. The molecule has 0 aliphatic carbocycles. The van der Waals surface area contributed by atoms with Crippen molar-refractivity contribution in [2.45, 2.75) is 20.0 Å². The molecule has 2 rings (SSSR count). The Labute approximate surface area is 147 Å². The molecule has 2 N–H and O–H groups in total. The minimum Gasteiger partial charge on any atom is -0.445 e. The SMILES string of the molecule is CC(=O)Nc1cccc(C=CCCNC(=O)OCc2ccccc2)c1. The van der Waals surface area contributed by atoms with Crippen LogP contribution in [-0.4, -0.2) is 18.5 Å². The lowest BCUT2D eigenvalue weighted by Gasteiger charge is -2.06. The Bertz CT molecular complexity index is 727. The summed E-state index contributed by atoms with van der Waals surface area (Å²) in [5.74, 6) is -0.0978. The van der Waals surface area contributed by atoms with Gasteiger partial charge in [0.15, 0.2) is 0 Å². The van der Waals surface area contributed by atoms with Gasteiger partial charge in [0.1, 0.15) is 6.61 Å². The van der Waals surface area contributed by atoms with E-state index in [0.717, 1.165) is 16.8 Å². The van der Waals surface area contributed by atoms with Crippen LogP contribution >= 0.6 is 0 Å². The Morgan fingerprint density at radius 3 is 2.64 bits per heavy atom. The topological polar surface area (TPSA) is 67.4 Å². The van der Waals surface area contributed by atoms with E-state index < -0.39 is 6.09 Å². The molecule has 0 bridgehead atoms. The molecule has 130 valence electrons. The van der Waals surface area contributed by atoms with Crippen LogP contribution in [0.3, 0.4) is 0 Å². The van der Waals surface area contributed by atoms with Gasteiger partial charge in [0.05, 0.1) is 0 Å². The second-order valence-corrected chi connectivity index (χ2v) is 5.49. The first-order valence-corrected chi connectivity index (χ1v) is 8.12. The first-order valence-electron chi connectivity index (χ1n) is 8.12. The van der Waals surface area contributed by atoms with Crippen LogP contribution in [0.1, 0.15) is 24.5 Å². The van der Waals surface area contributed by atoms with Crippen molar-refractivity contribution in [3.8, 4) is 0 Å². The van der Waals surface area contributed by atoms with E-state index in [-0.39, 0.29) is 12.5 Å². The van der Waals surface area contributed by atoms with Gasteiger partial charge in [-0.3, -0.25) is 4.79 Å². The zero-order valence-corrected chi connectivity index (χ0v) is 14.2. The summed E-state index contributed by atoms with van der Waals surface area (Å²) in [6.07, 6.45) is 4.17. The van der Waals surface area contributed by atoms with Crippen molar-refractivity contribution < 1.29 is 14.3 Å². The summed E-state index contributed by atoms with van der Waals surface area (Å²) in [5.41, 5.74) is 2.70. The predicted octanol–water partition coefficient (Wildman–Crippen LogP) is 3.97. The van der Waals surface area contributed by atoms with E-state index in [1.807, 2.05) is 66.7 Å². The summed E-state index contributed by atoms with van der Waals surface area (Å²) in [5, 5.41) is 5.45. The molecule has 0 aromatic heterocycles. The van der Waals surface area contributed by atoms with E-state index in [1.165, 1.54) is 6.92 Å². The van der Waals surface area contributed by atoms with Crippen LogP contribution in [0.4, 0.5) is 10.5 Å². The molecule has 0 heterocycles. The first-order chi connectivity index (χ1) is 12.1. The fraction of sp³-hybridized carbons (Fsp3) is 0.200. The third-order valence-electron chi connectivity index (χ3n) is 3.31. The number of alkyl carbamates (subject to hydrolysis) is 1. The number of hydrogen-bond acceptors (Lipinski definition) is 3. The van der Waals surface area contributed by atoms with E-state index >= 15 is 0 Å². The molecule has 25 heavy (non-hydrogen) atoms. The Balaban J connectivity index is 1.67. The predicted molar refractivity (Wildman–Crippen MR) is 99.0 cm³/mol. The van der Waals surface area contributed by atoms with Crippen molar-refractivity contribution >= 4 is 23.8 Å². The number of rotatable bonds is 7. The highest BCUT2D eigenvalue weighted by Gasteiger charge is 2.00. The molecule has 2 aromatic rings.